The highest BCUT2D eigenvalue weighted by Gasteiger charge is 2.31. The van der Waals surface area contributed by atoms with Crippen molar-refractivity contribution in [2.24, 2.45) is 0 Å². The van der Waals surface area contributed by atoms with E-state index in [9.17, 15) is 4.79 Å². The number of nitrogens with zero attached hydrogens (tertiary/aromatic N) is 4. The van der Waals surface area contributed by atoms with E-state index < -0.39 is 0 Å². The van der Waals surface area contributed by atoms with Crippen molar-refractivity contribution in [2.45, 2.75) is 0 Å². The summed E-state index contributed by atoms with van der Waals surface area (Å²) < 4.78 is 1.70. The van der Waals surface area contributed by atoms with Crippen LogP contribution in [0.5, 0.6) is 0 Å². The zero-order chi connectivity index (χ0) is 21.3. The molecule has 7 nitrogen and oxygen atoms in total. The number of fused-ring (bicyclic) bond motifs is 2. The van der Waals surface area contributed by atoms with Crippen molar-refractivity contribution in [1.29, 1.82) is 0 Å². The highest BCUT2D eigenvalue weighted by atomic mass is 79.9. The summed E-state index contributed by atoms with van der Waals surface area (Å²) in [5.41, 5.74) is 2.17. The Balaban J connectivity index is 1.66. The molecule has 0 radical (unpaired) electrons. The van der Waals surface area contributed by atoms with Gasteiger partial charge in [-0.3, -0.25) is 19.5 Å². The second-order valence-corrected chi connectivity index (χ2v) is 9.30. The second-order valence-electron chi connectivity index (χ2n) is 7.18. The standard InChI is InChI=1S/C20H21Br2N5O2S/c21-14-10-16-17(11-15(14)22)27(19-13(20(30)24-16)2-1-3-23-19)18(29)12-26-6-4-25(5-7-26)8-9-28/h1-3,10-11,28H,4-9,12H2,(H,24,30). The van der Waals surface area contributed by atoms with Gasteiger partial charge in [0.05, 0.1) is 30.1 Å². The fourth-order valence-electron chi connectivity index (χ4n) is 3.70. The molecule has 1 aromatic heterocycles. The molecule has 4 rings (SSSR count). The van der Waals surface area contributed by atoms with Crippen LogP contribution >= 0.6 is 44.1 Å². The highest BCUT2D eigenvalue weighted by molar-refractivity contribution is 9.13. The molecule has 0 bridgehead atoms. The van der Waals surface area contributed by atoms with Crippen LogP contribution in [0, 0.1) is 0 Å². The molecule has 0 atom stereocenters. The van der Waals surface area contributed by atoms with Gasteiger partial charge in [-0.1, -0.05) is 12.2 Å². The molecule has 2 N–H and O–H groups in total. The van der Waals surface area contributed by atoms with Gasteiger partial charge in [-0.25, -0.2) is 4.98 Å². The molecule has 1 amide bonds. The number of rotatable bonds is 4. The largest absolute Gasteiger partial charge is 0.395 e. The molecule has 0 aliphatic carbocycles. The number of pyridine rings is 1. The number of aliphatic hydroxyl groups excluding tert-OH is 1. The zero-order valence-electron chi connectivity index (χ0n) is 16.1. The highest BCUT2D eigenvalue weighted by Crippen LogP contribution is 2.41. The number of thiocarbonyl (C=S) groups is 1. The predicted molar refractivity (Wildman–Crippen MR) is 129 cm³/mol. The summed E-state index contributed by atoms with van der Waals surface area (Å²) in [6.45, 7) is 4.34. The van der Waals surface area contributed by atoms with E-state index in [1.54, 1.807) is 11.1 Å². The van der Waals surface area contributed by atoms with Crippen LogP contribution in [0.1, 0.15) is 5.56 Å². The lowest BCUT2D eigenvalue weighted by atomic mass is 10.2. The molecule has 0 unspecified atom stereocenters. The Hall–Kier alpha value is -1.43. The molecule has 10 heteroatoms. The number of β-amino-alcohol motifs (C(OH)–C–C–N with tert-alkyl or cyclic N) is 1. The Morgan fingerprint density at radius 1 is 1.17 bits per heavy atom. The lowest BCUT2D eigenvalue weighted by molar-refractivity contribution is -0.119. The number of aromatic nitrogens is 1. The molecule has 2 aliphatic heterocycles. The first-order chi connectivity index (χ1) is 14.5. The molecule has 158 valence electrons. The molecule has 1 aromatic carbocycles. The number of carbonyl (C=O) groups excluding carboxylic acids is 1. The molecule has 0 spiro atoms. The molecule has 1 saturated heterocycles. The smallest absolute Gasteiger partial charge is 0.246 e. The van der Waals surface area contributed by atoms with Crippen molar-refractivity contribution in [3.05, 3.63) is 45.0 Å². The van der Waals surface area contributed by atoms with E-state index in [1.807, 2.05) is 24.3 Å². The number of hydrogen-bond donors (Lipinski definition) is 2. The third-order valence-electron chi connectivity index (χ3n) is 5.26. The van der Waals surface area contributed by atoms with Gasteiger partial charge in [0.1, 0.15) is 10.8 Å². The maximum atomic E-state index is 13.5. The summed E-state index contributed by atoms with van der Waals surface area (Å²) in [5, 5.41) is 12.4. The van der Waals surface area contributed by atoms with Crippen LogP contribution in [-0.2, 0) is 4.79 Å². The Morgan fingerprint density at radius 3 is 2.60 bits per heavy atom. The number of carbonyl (C=O) groups is 1. The van der Waals surface area contributed by atoms with E-state index in [-0.39, 0.29) is 19.1 Å². The number of nitrogens with one attached hydrogen (secondary N) is 1. The Labute approximate surface area is 197 Å². The summed E-state index contributed by atoms with van der Waals surface area (Å²) in [6, 6.07) is 7.50. The van der Waals surface area contributed by atoms with Crippen molar-refractivity contribution in [2.75, 3.05) is 56.1 Å². The molecule has 30 heavy (non-hydrogen) atoms. The van der Waals surface area contributed by atoms with Gasteiger partial charge in [0.15, 0.2) is 0 Å². The average Bonchev–Trinajstić information content (AvgIpc) is 2.84. The van der Waals surface area contributed by atoms with Crippen LogP contribution in [0.15, 0.2) is 39.4 Å². The summed E-state index contributed by atoms with van der Waals surface area (Å²) in [5.74, 6) is 0.472. The predicted octanol–water partition coefficient (Wildman–Crippen LogP) is 2.98. The van der Waals surface area contributed by atoms with E-state index in [0.717, 1.165) is 46.4 Å². The van der Waals surface area contributed by atoms with Gasteiger partial charge in [-0.05, 0) is 56.1 Å². The van der Waals surface area contributed by atoms with E-state index in [4.69, 9.17) is 17.3 Å². The summed E-state index contributed by atoms with van der Waals surface area (Å²) in [7, 11) is 0. The number of benzene rings is 1. The third-order valence-corrected chi connectivity index (χ3v) is 7.43. The van der Waals surface area contributed by atoms with Crippen molar-refractivity contribution >= 4 is 72.2 Å². The van der Waals surface area contributed by atoms with Gasteiger partial charge in [0, 0.05) is 47.9 Å². The third kappa shape index (κ3) is 4.44. The maximum Gasteiger partial charge on any atom is 0.246 e. The minimum atomic E-state index is -0.0625. The van der Waals surface area contributed by atoms with Gasteiger partial charge >= 0.3 is 0 Å². The van der Waals surface area contributed by atoms with Crippen LogP contribution in [0.4, 0.5) is 17.2 Å². The van der Waals surface area contributed by atoms with Gasteiger partial charge < -0.3 is 10.4 Å². The van der Waals surface area contributed by atoms with Crippen molar-refractivity contribution in [3.8, 4) is 0 Å². The van der Waals surface area contributed by atoms with Crippen LogP contribution in [0.25, 0.3) is 0 Å². The van der Waals surface area contributed by atoms with Crippen LogP contribution < -0.4 is 10.2 Å². The fourth-order valence-corrected chi connectivity index (χ4v) is 4.65. The Morgan fingerprint density at radius 2 is 1.87 bits per heavy atom. The van der Waals surface area contributed by atoms with E-state index in [0.29, 0.717) is 23.0 Å². The summed E-state index contributed by atoms with van der Waals surface area (Å²) >= 11 is 12.7. The molecule has 3 heterocycles. The molecule has 2 aliphatic rings. The Bertz CT molecular complexity index is 982. The fraction of sp³-hybridized carbons (Fsp3) is 0.350. The van der Waals surface area contributed by atoms with E-state index in [2.05, 4.69) is 52.0 Å². The van der Waals surface area contributed by atoms with E-state index >= 15 is 0 Å². The number of piperazine rings is 1. The number of aliphatic hydroxyl groups is 1. The number of anilines is 3. The second kappa shape index (κ2) is 9.37. The van der Waals surface area contributed by atoms with Crippen LogP contribution in [0.2, 0.25) is 0 Å². The van der Waals surface area contributed by atoms with Crippen LogP contribution in [-0.4, -0.2) is 76.7 Å². The molecular formula is C20H21Br2N5O2S. The number of hydrogen-bond acceptors (Lipinski definition) is 6. The summed E-state index contributed by atoms with van der Waals surface area (Å²) in [6.07, 6.45) is 1.67. The number of amides is 1. The van der Waals surface area contributed by atoms with Crippen LogP contribution in [0.3, 0.4) is 0 Å². The monoisotopic (exact) mass is 553 g/mol. The van der Waals surface area contributed by atoms with Gasteiger partial charge in [-0.2, -0.15) is 0 Å². The zero-order valence-corrected chi connectivity index (χ0v) is 20.1. The van der Waals surface area contributed by atoms with Gasteiger partial charge in [0.25, 0.3) is 0 Å². The summed E-state index contributed by atoms with van der Waals surface area (Å²) in [4.78, 5) is 24.6. The first-order valence-electron chi connectivity index (χ1n) is 9.62. The van der Waals surface area contributed by atoms with Crippen molar-refractivity contribution < 1.29 is 9.90 Å². The SMILES string of the molecule is O=C(CN1CCN(CCO)CC1)N1c2cc(Br)c(Br)cc2NC(=S)c2cccnc21. The van der Waals surface area contributed by atoms with Crippen molar-refractivity contribution in [1.82, 2.24) is 14.8 Å². The number of halogens is 2. The lowest BCUT2D eigenvalue weighted by Crippen LogP contribution is -2.50. The van der Waals surface area contributed by atoms with Gasteiger partial charge in [0.2, 0.25) is 5.91 Å². The van der Waals surface area contributed by atoms with E-state index in [1.165, 1.54) is 0 Å². The Kier molecular flexibility index (Phi) is 6.81. The molecule has 2 aromatic rings. The molecule has 1 fully saturated rings. The topological polar surface area (TPSA) is 71.9 Å². The molecular weight excluding hydrogens is 534 g/mol. The average molecular weight is 555 g/mol. The first-order valence-corrected chi connectivity index (χ1v) is 11.6. The molecule has 0 saturated carbocycles. The van der Waals surface area contributed by atoms with Crippen molar-refractivity contribution in [3.63, 3.8) is 0 Å². The minimum absolute atomic E-state index is 0.0625. The normalized spacial score (nSPS) is 17.2. The maximum absolute atomic E-state index is 13.5. The van der Waals surface area contributed by atoms with Gasteiger partial charge in [-0.15, -0.1) is 0 Å². The lowest BCUT2D eigenvalue weighted by Gasteiger charge is -2.35. The quantitative estimate of drug-likeness (QED) is 0.563. The minimum Gasteiger partial charge on any atom is -0.395 e. The first kappa shape index (κ1) is 21.8.